The van der Waals surface area contributed by atoms with Gasteiger partial charge in [-0.05, 0) is 42.5 Å². The lowest BCUT2D eigenvalue weighted by Crippen LogP contribution is -2.58. The lowest BCUT2D eigenvalue weighted by molar-refractivity contribution is -0.141. The third-order valence-electron chi connectivity index (χ3n) is 5.09. The Kier molecular flexibility index (Phi) is 13.7. The van der Waals surface area contributed by atoms with Crippen molar-refractivity contribution in [2.45, 2.75) is 49.9 Å². The second-order valence-electron chi connectivity index (χ2n) is 7.97. The van der Waals surface area contributed by atoms with Crippen molar-refractivity contribution in [1.29, 1.82) is 0 Å². The maximum Gasteiger partial charge on any atom is 0.327 e. The highest BCUT2D eigenvalue weighted by Crippen LogP contribution is 2.12. The highest BCUT2D eigenvalue weighted by Gasteiger charge is 2.30. The second kappa shape index (κ2) is 15.9. The highest BCUT2D eigenvalue weighted by molar-refractivity contribution is 7.98. The van der Waals surface area contributed by atoms with Crippen molar-refractivity contribution < 1.29 is 34.2 Å². The molecule has 0 radical (unpaired) electrons. The van der Waals surface area contributed by atoms with Crippen LogP contribution >= 0.6 is 24.4 Å². The van der Waals surface area contributed by atoms with Crippen molar-refractivity contribution in [3.8, 4) is 5.75 Å². The summed E-state index contributed by atoms with van der Waals surface area (Å²) in [7, 11) is 0. The number of nitrogens with one attached hydrogen (secondary N) is 3. The minimum Gasteiger partial charge on any atom is -0.508 e. The van der Waals surface area contributed by atoms with Gasteiger partial charge in [0.05, 0.1) is 6.04 Å². The fourth-order valence-corrected chi connectivity index (χ4v) is 3.75. The number of rotatable bonds is 16. The maximum absolute atomic E-state index is 13.1. The standard InChI is InChI=1S/C22H33N5O7S2/c1-36-9-8-14(23)19(30)25-15(6-7-18(24)29)20(31)26-16(10-12-2-4-13(28)5-3-12)21(32)27-17(11-35)22(33)34/h2-5,14-17,28,35H,6-11,23H2,1H3,(H2,24,29)(H,25,30)(H,26,31)(H,27,32)(H,33,34). The molecule has 0 aliphatic rings. The number of carbonyl (C=O) groups excluding carboxylic acids is 4. The summed E-state index contributed by atoms with van der Waals surface area (Å²) in [5.74, 6) is -3.74. The summed E-state index contributed by atoms with van der Waals surface area (Å²) in [4.78, 5) is 61.1. The fourth-order valence-electron chi connectivity index (χ4n) is 3.02. The number of aromatic hydroxyl groups is 1. The number of phenolic OH excluding ortho intramolecular Hbond substituents is 1. The Morgan fingerprint density at radius 2 is 1.50 bits per heavy atom. The van der Waals surface area contributed by atoms with Gasteiger partial charge in [0.25, 0.3) is 0 Å². The van der Waals surface area contributed by atoms with Crippen LogP contribution in [0, 0.1) is 0 Å². The van der Waals surface area contributed by atoms with Crippen molar-refractivity contribution in [2.24, 2.45) is 11.5 Å². The average molecular weight is 544 g/mol. The molecule has 0 aromatic heterocycles. The molecule has 4 amide bonds. The Hall–Kier alpha value is -2.97. The average Bonchev–Trinajstić information content (AvgIpc) is 2.83. The molecular weight excluding hydrogens is 510 g/mol. The number of thioether (sulfide) groups is 1. The number of hydrogen-bond acceptors (Lipinski definition) is 9. The molecule has 9 N–H and O–H groups in total. The van der Waals surface area contributed by atoms with Crippen LogP contribution in [-0.4, -0.2) is 81.7 Å². The van der Waals surface area contributed by atoms with E-state index in [2.05, 4.69) is 28.6 Å². The number of phenols is 1. The summed E-state index contributed by atoms with van der Waals surface area (Å²) < 4.78 is 0. The maximum atomic E-state index is 13.1. The number of primary amides is 1. The van der Waals surface area contributed by atoms with Gasteiger partial charge in [0.2, 0.25) is 23.6 Å². The highest BCUT2D eigenvalue weighted by atomic mass is 32.2. The SMILES string of the molecule is CSCCC(N)C(=O)NC(CCC(N)=O)C(=O)NC(Cc1ccc(O)cc1)C(=O)NC(CS)C(=O)O. The predicted molar refractivity (Wildman–Crippen MR) is 138 cm³/mol. The molecule has 1 aromatic carbocycles. The summed E-state index contributed by atoms with van der Waals surface area (Å²) in [6, 6.07) is 1.20. The number of carbonyl (C=O) groups is 5. The van der Waals surface area contributed by atoms with E-state index in [1.807, 2.05) is 6.26 Å². The number of carboxylic acid groups (broad SMARTS) is 1. The van der Waals surface area contributed by atoms with E-state index >= 15 is 0 Å². The predicted octanol–water partition coefficient (Wildman–Crippen LogP) is -1.25. The minimum absolute atomic E-state index is 0.00292. The van der Waals surface area contributed by atoms with E-state index in [0.717, 1.165) is 0 Å². The molecule has 4 atom stereocenters. The molecular formula is C22H33N5O7S2. The van der Waals surface area contributed by atoms with Crippen LogP contribution in [-0.2, 0) is 30.4 Å². The molecule has 14 heteroatoms. The summed E-state index contributed by atoms with van der Waals surface area (Å²) in [6.07, 6.45) is 1.82. The molecule has 36 heavy (non-hydrogen) atoms. The van der Waals surface area contributed by atoms with Gasteiger partial charge in [0.1, 0.15) is 23.9 Å². The summed E-state index contributed by atoms with van der Waals surface area (Å²) in [5.41, 5.74) is 11.6. The first-order valence-corrected chi connectivity index (χ1v) is 13.1. The molecule has 0 heterocycles. The van der Waals surface area contributed by atoms with E-state index in [4.69, 9.17) is 11.5 Å². The van der Waals surface area contributed by atoms with Gasteiger partial charge in [-0.15, -0.1) is 0 Å². The number of hydrogen-bond donors (Lipinski definition) is 8. The quantitative estimate of drug-likeness (QED) is 0.117. The number of carboxylic acids is 1. The van der Waals surface area contributed by atoms with Crippen LogP contribution in [0.2, 0.25) is 0 Å². The Balaban J connectivity index is 3.11. The van der Waals surface area contributed by atoms with E-state index in [0.29, 0.717) is 17.7 Å². The summed E-state index contributed by atoms with van der Waals surface area (Å²) in [5, 5.41) is 26.1. The van der Waals surface area contributed by atoms with Gasteiger partial charge in [-0.1, -0.05) is 12.1 Å². The van der Waals surface area contributed by atoms with Crippen molar-refractivity contribution >= 4 is 54.0 Å². The molecule has 1 rings (SSSR count). The molecule has 0 bridgehead atoms. The largest absolute Gasteiger partial charge is 0.508 e. The second-order valence-corrected chi connectivity index (χ2v) is 9.32. The van der Waals surface area contributed by atoms with E-state index < -0.39 is 53.8 Å². The molecule has 200 valence electrons. The zero-order chi connectivity index (χ0) is 27.3. The molecule has 0 fully saturated rings. The molecule has 0 aliphatic heterocycles. The summed E-state index contributed by atoms with van der Waals surface area (Å²) >= 11 is 5.42. The number of nitrogens with two attached hydrogens (primary N) is 2. The molecule has 0 saturated heterocycles. The van der Waals surface area contributed by atoms with E-state index in [1.165, 1.54) is 36.0 Å². The monoisotopic (exact) mass is 543 g/mol. The van der Waals surface area contributed by atoms with Gasteiger partial charge in [-0.3, -0.25) is 19.2 Å². The van der Waals surface area contributed by atoms with Gasteiger partial charge in [-0.25, -0.2) is 4.79 Å². The number of amides is 4. The third-order valence-corrected chi connectivity index (χ3v) is 6.10. The van der Waals surface area contributed by atoms with Gasteiger partial charge >= 0.3 is 5.97 Å². The molecule has 0 aliphatic carbocycles. The lowest BCUT2D eigenvalue weighted by Gasteiger charge is -2.25. The van der Waals surface area contributed by atoms with Crippen molar-refractivity contribution in [3.05, 3.63) is 29.8 Å². The van der Waals surface area contributed by atoms with Gasteiger partial charge in [-0.2, -0.15) is 24.4 Å². The Bertz CT molecular complexity index is 917. The Morgan fingerprint density at radius 3 is 2.03 bits per heavy atom. The molecule has 0 spiro atoms. The first-order chi connectivity index (χ1) is 17.0. The van der Waals surface area contributed by atoms with Gasteiger partial charge in [0, 0.05) is 18.6 Å². The fraction of sp³-hybridized carbons (Fsp3) is 0.500. The van der Waals surface area contributed by atoms with Crippen LogP contribution in [0.15, 0.2) is 24.3 Å². The van der Waals surface area contributed by atoms with E-state index in [1.54, 1.807) is 0 Å². The first-order valence-electron chi connectivity index (χ1n) is 11.0. The molecule has 0 saturated carbocycles. The number of thiol groups is 1. The topological polar surface area (TPSA) is 214 Å². The van der Waals surface area contributed by atoms with Crippen molar-refractivity contribution in [1.82, 2.24) is 16.0 Å². The number of benzene rings is 1. The van der Waals surface area contributed by atoms with Gasteiger partial charge < -0.3 is 37.6 Å². The normalized spacial score (nSPS) is 14.1. The molecule has 4 unspecified atom stereocenters. The molecule has 1 aromatic rings. The van der Waals surface area contributed by atoms with Crippen molar-refractivity contribution in [2.75, 3.05) is 17.8 Å². The lowest BCUT2D eigenvalue weighted by atomic mass is 10.0. The van der Waals surface area contributed by atoms with Crippen LogP contribution in [0.5, 0.6) is 5.75 Å². The van der Waals surface area contributed by atoms with Gasteiger partial charge in [0.15, 0.2) is 0 Å². The van der Waals surface area contributed by atoms with E-state index in [-0.39, 0.29) is 30.8 Å². The van der Waals surface area contributed by atoms with E-state index in [9.17, 15) is 34.2 Å². The Morgan fingerprint density at radius 1 is 0.944 bits per heavy atom. The van der Waals surface area contributed by atoms with Crippen LogP contribution in [0.3, 0.4) is 0 Å². The zero-order valence-corrected chi connectivity index (χ0v) is 21.5. The minimum atomic E-state index is -1.31. The van der Waals surface area contributed by atoms with Crippen LogP contribution < -0.4 is 27.4 Å². The van der Waals surface area contributed by atoms with Crippen LogP contribution in [0.25, 0.3) is 0 Å². The summed E-state index contributed by atoms with van der Waals surface area (Å²) in [6.45, 7) is 0. The molecule has 12 nitrogen and oxygen atoms in total. The van der Waals surface area contributed by atoms with Crippen molar-refractivity contribution in [3.63, 3.8) is 0 Å². The third kappa shape index (κ3) is 11.2. The van der Waals surface area contributed by atoms with Crippen LogP contribution in [0.1, 0.15) is 24.8 Å². The smallest absolute Gasteiger partial charge is 0.327 e. The zero-order valence-electron chi connectivity index (χ0n) is 19.8. The van der Waals surface area contributed by atoms with Crippen LogP contribution in [0.4, 0.5) is 0 Å². The number of aliphatic carboxylic acids is 1. The Labute approximate surface area is 218 Å². The first kappa shape index (κ1) is 31.1.